The Morgan fingerprint density at radius 1 is 1.45 bits per heavy atom. The molecule has 11 heavy (non-hydrogen) atoms. The van der Waals surface area contributed by atoms with Crippen molar-refractivity contribution in [2.24, 2.45) is 0 Å². The highest BCUT2D eigenvalue weighted by Gasteiger charge is 2.06. The number of aliphatic hydroxyl groups excluding tert-OH is 1. The van der Waals surface area contributed by atoms with Crippen LogP contribution in [0.1, 0.15) is 26.7 Å². The molecule has 0 saturated carbocycles. The first-order valence-corrected chi connectivity index (χ1v) is 3.90. The van der Waals surface area contributed by atoms with Gasteiger partial charge in [0.1, 0.15) is 6.29 Å². The second kappa shape index (κ2) is 6.31. The minimum Gasteiger partial charge on any atom is -0.396 e. The molecule has 0 saturated heterocycles. The molecule has 0 aromatic carbocycles. The highest BCUT2D eigenvalue weighted by Crippen LogP contribution is 2.03. The van der Waals surface area contributed by atoms with Gasteiger partial charge in [0.15, 0.2) is 0 Å². The predicted molar refractivity (Wildman–Crippen MR) is 42.4 cm³/mol. The van der Waals surface area contributed by atoms with Gasteiger partial charge in [-0.05, 0) is 20.3 Å². The monoisotopic (exact) mass is 160 g/mol. The molecule has 0 aromatic heterocycles. The van der Waals surface area contributed by atoms with E-state index in [0.29, 0.717) is 12.8 Å². The van der Waals surface area contributed by atoms with Crippen molar-refractivity contribution in [1.82, 2.24) is 0 Å². The maximum Gasteiger partial charge on any atom is 0.122 e. The molecule has 0 bridgehead atoms. The summed E-state index contributed by atoms with van der Waals surface area (Å²) in [6.07, 6.45) is 1.90. The second-order valence-corrected chi connectivity index (χ2v) is 2.67. The van der Waals surface area contributed by atoms with Crippen LogP contribution in [0.5, 0.6) is 0 Å². The van der Waals surface area contributed by atoms with Crippen LogP contribution in [0.4, 0.5) is 0 Å². The summed E-state index contributed by atoms with van der Waals surface area (Å²) in [4.78, 5) is 10.0. The van der Waals surface area contributed by atoms with Crippen molar-refractivity contribution in [1.29, 1.82) is 0 Å². The van der Waals surface area contributed by atoms with Crippen LogP contribution in [0.3, 0.4) is 0 Å². The zero-order chi connectivity index (χ0) is 8.69. The fourth-order valence-electron chi connectivity index (χ4n) is 0.837. The van der Waals surface area contributed by atoms with Gasteiger partial charge in [0.2, 0.25) is 0 Å². The number of aldehydes is 1. The maximum atomic E-state index is 10.0. The maximum absolute atomic E-state index is 10.0. The Bertz CT molecular complexity index is 104. The third kappa shape index (κ3) is 6.01. The van der Waals surface area contributed by atoms with Gasteiger partial charge in [-0.3, -0.25) is 0 Å². The van der Waals surface area contributed by atoms with Crippen LogP contribution in [-0.2, 0) is 9.53 Å². The van der Waals surface area contributed by atoms with E-state index in [0.717, 1.165) is 6.29 Å². The Hall–Kier alpha value is -0.410. The highest BCUT2D eigenvalue weighted by atomic mass is 16.5. The Morgan fingerprint density at radius 3 is 2.55 bits per heavy atom. The quantitative estimate of drug-likeness (QED) is 0.583. The predicted octanol–water partition coefficient (Wildman–Crippen LogP) is 0.751. The van der Waals surface area contributed by atoms with E-state index in [-0.39, 0.29) is 18.8 Å². The summed E-state index contributed by atoms with van der Waals surface area (Å²) in [6.45, 7) is 3.87. The third-order valence-electron chi connectivity index (χ3n) is 1.43. The molecule has 0 radical (unpaired) electrons. The minimum absolute atomic E-state index is 0.0333. The lowest BCUT2D eigenvalue weighted by Crippen LogP contribution is -2.18. The lowest BCUT2D eigenvalue weighted by Gasteiger charge is -2.16. The number of hydrogen-bond acceptors (Lipinski definition) is 3. The van der Waals surface area contributed by atoms with Crippen molar-refractivity contribution in [2.45, 2.75) is 38.9 Å². The van der Waals surface area contributed by atoms with Crippen molar-refractivity contribution in [3.63, 3.8) is 0 Å². The average molecular weight is 160 g/mol. The second-order valence-electron chi connectivity index (χ2n) is 2.67. The Balaban J connectivity index is 3.39. The molecule has 0 aliphatic rings. The molecule has 3 heteroatoms. The lowest BCUT2D eigenvalue weighted by atomic mass is 10.2. The van der Waals surface area contributed by atoms with E-state index in [9.17, 15) is 4.79 Å². The lowest BCUT2D eigenvalue weighted by molar-refractivity contribution is -0.111. The summed E-state index contributed by atoms with van der Waals surface area (Å²) in [5.74, 6) is 0. The molecule has 0 heterocycles. The zero-order valence-electron chi connectivity index (χ0n) is 7.12. The Labute approximate surface area is 67.4 Å². The smallest absolute Gasteiger partial charge is 0.122 e. The Kier molecular flexibility index (Phi) is 6.07. The summed E-state index contributed by atoms with van der Waals surface area (Å²) in [7, 11) is 0. The summed E-state index contributed by atoms with van der Waals surface area (Å²) >= 11 is 0. The fraction of sp³-hybridized carbons (Fsp3) is 0.875. The standard InChI is InChI=1S/C8H16O3/c1-7(3-5-9)11-8(2)4-6-10/h5,7-8,10H,3-4,6H2,1-2H3. The van der Waals surface area contributed by atoms with Crippen molar-refractivity contribution >= 4 is 6.29 Å². The van der Waals surface area contributed by atoms with Crippen molar-refractivity contribution in [2.75, 3.05) is 6.61 Å². The first-order valence-electron chi connectivity index (χ1n) is 3.90. The normalized spacial score (nSPS) is 15.9. The molecular weight excluding hydrogens is 144 g/mol. The number of ether oxygens (including phenoxy) is 1. The molecule has 1 N–H and O–H groups in total. The van der Waals surface area contributed by atoms with Gasteiger partial charge in [0.05, 0.1) is 12.2 Å². The van der Waals surface area contributed by atoms with Gasteiger partial charge in [0, 0.05) is 13.0 Å². The molecule has 0 amide bonds. The molecule has 0 fully saturated rings. The highest BCUT2D eigenvalue weighted by molar-refractivity contribution is 5.49. The topological polar surface area (TPSA) is 46.5 Å². The van der Waals surface area contributed by atoms with Crippen LogP contribution in [-0.4, -0.2) is 30.2 Å². The molecule has 2 unspecified atom stereocenters. The van der Waals surface area contributed by atoms with Crippen LogP contribution in [0.2, 0.25) is 0 Å². The molecular formula is C8H16O3. The van der Waals surface area contributed by atoms with Gasteiger partial charge in [-0.15, -0.1) is 0 Å². The van der Waals surface area contributed by atoms with Crippen molar-refractivity contribution < 1.29 is 14.6 Å². The number of carbonyl (C=O) groups is 1. The van der Waals surface area contributed by atoms with E-state index >= 15 is 0 Å². The van der Waals surface area contributed by atoms with Crippen molar-refractivity contribution in [3.8, 4) is 0 Å². The van der Waals surface area contributed by atoms with Gasteiger partial charge in [-0.2, -0.15) is 0 Å². The number of hydrogen-bond donors (Lipinski definition) is 1. The molecule has 0 aliphatic heterocycles. The largest absolute Gasteiger partial charge is 0.396 e. The van der Waals surface area contributed by atoms with Crippen LogP contribution < -0.4 is 0 Å². The summed E-state index contributed by atoms with van der Waals surface area (Å²) in [5, 5.41) is 8.53. The van der Waals surface area contributed by atoms with Gasteiger partial charge in [0.25, 0.3) is 0 Å². The van der Waals surface area contributed by atoms with Gasteiger partial charge < -0.3 is 14.6 Å². The molecule has 0 spiro atoms. The van der Waals surface area contributed by atoms with E-state index in [2.05, 4.69) is 0 Å². The van der Waals surface area contributed by atoms with E-state index < -0.39 is 0 Å². The first kappa shape index (κ1) is 10.6. The van der Waals surface area contributed by atoms with Gasteiger partial charge in [-0.1, -0.05) is 0 Å². The van der Waals surface area contributed by atoms with Gasteiger partial charge in [-0.25, -0.2) is 0 Å². The minimum atomic E-state index is -0.0333. The number of aliphatic hydroxyl groups is 1. The fourth-order valence-corrected chi connectivity index (χ4v) is 0.837. The van der Waals surface area contributed by atoms with Crippen LogP contribution in [0.15, 0.2) is 0 Å². The summed E-state index contributed by atoms with van der Waals surface area (Å²) in [6, 6.07) is 0. The number of rotatable bonds is 6. The van der Waals surface area contributed by atoms with Gasteiger partial charge >= 0.3 is 0 Å². The molecule has 0 aliphatic carbocycles. The van der Waals surface area contributed by atoms with Crippen LogP contribution >= 0.6 is 0 Å². The van der Waals surface area contributed by atoms with Crippen LogP contribution in [0.25, 0.3) is 0 Å². The molecule has 0 aromatic rings. The van der Waals surface area contributed by atoms with Crippen LogP contribution in [0, 0.1) is 0 Å². The van der Waals surface area contributed by atoms with E-state index in [1.165, 1.54) is 0 Å². The molecule has 0 rings (SSSR count). The first-order chi connectivity index (χ1) is 5.20. The average Bonchev–Trinajstić information content (AvgIpc) is 1.87. The summed E-state index contributed by atoms with van der Waals surface area (Å²) in [5.41, 5.74) is 0. The summed E-state index contributed by atoms with van der Waals surface area (Å²) < 4.78 is 5.34. The molecule has 66 valence electrons. The molecule has 2 atom stereocenters. The van der Waals surface area contributed by atoms with Crippen molar-refractivity contribution in [3.05, 3.63) is 0 Å². The molecule has 3 nitrogen and oxygen atoms in total. The van der Waals surface area contributed by atoms with E-state index in [4.69, 9.17) is 9.84 Å². The SMILES string of the molecule is CC(CC=O)OC(C)CCO. The van der Waals surface area contributed by atoms with E-state index in [1.807, 2.05) is 13.8 Å². The zero-order valence-corrected chi connectivity index (χ0v) is 7.12. The number of carbonyl (C=O) groups excluding carboxylic acids is 1. The Morgan fingerprint density at radius 2 is 2.09 bits per heavy atom. The third-order valence-corrected chi connectivity index (χ3v) is 1.43. The van der Waals surface area contributed by atoms with E-state index in [1.54, 1.807) is 0 Å².